The van der Waals surface area contributed by atoms with Crippen LogP contribution < -0.4 is 0 Å². The lowest BCUT2D eigenvalue weighted by Crippen LogP contribution is -2.00. The Morgan fingerprint density at radius 1 is 1.26 bits per heavy atom. The fourth-order valence-electron chi connectivity index (χ4n) is 2.08. The molecule has 0 atom stereocenters. The SMILES string of the molecule is O=C(O)Cc1nc2ccccn2c1N=Nc1cc(Cl)ccc1O. The molecular formula is C15H11ClN4O3. The van der Waals surface area contributed by atoms with Gasteiger partial charge in [-0.3, -0.25) is 9.20 Å². The van der Waals surface area contributed by atoms with Crippen molar-refractivity contribution in [1.82, 2.24) is 9.38 Å². The summed E-state index contributed by atoms with van der Waals surface area (Å²) >= 11 is 5.86. The van der Waals surface area contributed by atoms with Crippen molar-refractivity contribution in [3.05, 3.63) is 53.3 Å². The first-order valence-corrected chi connectivity index (χ1v) is 7.00. The van der Waals surface area contributed by atoms with Crippen molar-refractivity contribution in [2.24, 2.45) is 10.2 Å². The Morgan fingerprint density at radius 2 is 2.09 bits per heavy atom. The molecule has 3 rings (SSSR count). The van der Waals surface area contributed by atoms with E-state index in [1.165, 1.54) is 18.2 Å². The molecule has 0 aliphatic carbocycles. The molecule has 8 heteroatoms. The normalized spacial score (nSPS) is 11.3. The average Bonchev–Trinajstić information content (AvgIpc) is 2.85. The van der Waals surface area contributed by atoms with Crippen LogP contribution in [0.3, 0.4) is 0 Å². The van der Waals surface area contributed by atoms with Crippen LogP contribution in [-0.2, 0) is 11.2 Å². The number of rotatable bonds is 4. The van der Waals surface area contributed by atoms with Gasteiger partial charge in [0.1, 0.15) is 17.1 Å². The Bertz CT molecular complexity index is 920. The highest BCUT2D eigenvalue weighted by atomic mass is 35.5. The summed E-state index contributed by atoms with van der Waals surface area (Å²) in [6, 6.07) is 9.69. The van der Waals surface area contributed by atoms with Crippen LogP contribution in [0.15, 0.2) is 52.8 Å². The minimum Gasteiger partial charge on any atom is -0.506 e. The molecule has 3 aromatic rings. The Hall–Kier alpha value is -2.93. The van der Waals surface area contributed by atoms with Gasteiger partial charge in [0.05, 0.1) is 12.1 Å². The molecule has 0 amide bonds. The summed E-state index contributed by atoms with van der Waals surface area (Å²) in [5.74, 6) is -0.801. The molecular weight excluding hydrogens is 320 g/mol. The lowest BCUT2D eigenvalue weighted by Gasteiger charge is -1.99. The van der Waals surface area contributed by atoms with Gasteiger partial charge in [-0.15, -0.1) is 10.2 Å². The second-order valence-electron chi connectivity index (χ2n) is 4.71. The largest absolute Gasteiger partial charge is 0.506 e. The zero-order valence-electron chi connectivity index (χ0n) is 11.7. The molecule has 2 N–H and O–H groups in total. The van der Waals surface area contributed by atoms with Crippen LogP contribution >= 0.6 is 11.6 Å². The van der Waals surface area contributed by atoms with Crippen molar-refractivity contribution < 1.29 is 15.0 Å². The number of aromatic hydroxyl groups is 1. The second kappa shape index (κ2) is 6.05. The Kier molecular flexibility index (Phi) is 3.94. The van der Waals surface area contributed by atoms with Crippen molar-refractivity contribution in [2.75, 3.05) is 0 Å². The zero-order valence-corrected chi connectivity index (χ0v) is 12.5. The van der Waals surface area contributed by atoms with E-state index in [1.54, 1.807) is 28.8 Å². The number of azo groups is 1. The monoisotopic (exact) mass is 330 g/mol. The van der Waals surface area contributed by atoms with E-state index in [-0.39, 0.29) is 23.6 Å². The molecule has 0 radical (unpaired) electrons. The van der Waals surface area contributed by atoms with Gasteiger partial charge < -0.3 is 10.2 Å². The minimum absolute atomic E-state index is 0.0771. The molecule has 0 saturated carbocycles. The van der Waals surface area contributed by atoms with Gasteiger partial charge in [0, 0.05) is 11.2 Å². The van der Waals surface area contributed by atoms with Crippen molar-refractivity contribution >= 4 is 34.7 Å². The predicted molar refractivity (Wildman–Crippen MR) is 83.8 cm³/mol. The number of aromatic nitrogens is 2. The first kappa shape index (κ1) is 15.0. The van der Waals surface area contributed by atoms with E-state index in [0.717, 1.165) is 0 Å². The van der Waals surface area contributed by atoms with E-state index in [1.807, 2.05) is 0 Å². The summed E-state index contributed by atoms with van der Waals surface area (Å²) in [5, 5.41) is 27.2. The van der Waals surface area contributed by atoms with Gasteiger partial charge in [-0.1, -0.05) is 17.7 Å². The van der Waals surface area contributed by atoms with Gasteiger partial charge in [0.25, 0.3) is 0 Å². The molecule has 0 unspecified atom stereocenters. The second-order valence-corrected chi connectivity index (χ2v) is 5.15. The zero-order chi connectivity index (χ0) is 16.4. The maximum absolute atomic E-state index is 11.0. The van der Waals surface area contributed by atoms with Crippen LogP contribution in [-0.4, -0.2) is 25.6 Å². The molecule has 7 nitrogen and oxygen atoms in total. The first-order chi connectivity index (χ1) is 11.0. The van der Waals surface area contributed by atoms with Crippen molar-refractivity contribution in [2.45, 2.75) is 6.42 Å². The van der Waals surface area contributed by atoms with Gasteiger partial charge in [0.15, 0.2) is 5.82 Å². The summed E-state index contributed by atoms with van der Waals surface area (Å²) in [7, 11) is 0. The summed E-state index contributed by atoms with van der Waals surface area (Å²) < 4.78 is 1.63. The number of imidazole rings is 1. The Labute approximate surface area is 135 Å². The van der Waals surface area contributed by atoms with Crippen LogP contribution in [0.25, 0.3) is 5.65 Å². The molecule has 1 aromatic carbocycles. The summed E-state index contributed by atoms with van der Waals surface area (Å²) in [5.41, 5.74) is 1.03. The van der Waals surface area contributed by atoms with Gasteiger partial charge in [-0.2, -0.15) is 0 Å². The summed E-state index contributed by atoms with van der Waals surface area (Å²) in [6.45, 7) is 0. The summed E-state index contributed by atoms with van der Waals surface area (Å²) in [6.07, 6.45) is 1.43. The van der Waals surface area contributed by atoms with Gasteiger partial charge in [-0.05, 0) is 30.3 Å². The average molecular weight is 331 g/mol. The molecule has 0 aliphatic rings. The molecule has 0 aliphatic heterocycles. The van der Waals surface area contributed by atoms with E-state index in [2.05, 4.69) is 15.2 Å². The Morgan fingerprint density at radius 3 is 2.87 bits per heavy atom. The third-order valence-corrected chi connectivity index (χ3v) is 3.32. The number of nitrogens with zero attached hydrogens (tertiary/aromatic N) is 4. The third-order valence-electron chi connectivity index (χ3n) is 3.08. The van der Waals surface area contributed by atoms with Gasteiger partial charge in [0.2, 0.25) is 0 Å². The molecule has 23 heavy (non-hydrogen) atoms. The van der Waals surface area contributed by atoms with Crippen molar-refractivity contribution in [3.8, 4) is 5.75 Å². The number of hydrogen-bond acceptors (Lipinski definition) is 5. The number of pyridine rings is 1. The molecule has 0 spiro atoms. The number of carboxylic acids is 1. The van der Waals surface area contributed by atoms with Gasteiger partial charge in [-0.25, -0.2) is 4.98 Å². The predicted octanol–water partition coefficient (Wildman–Crippen LogP) is 3.74. The summed E-state index contributed by atoms with van der Waals surface area (Å²) in [4.78, 5) is 15.2. The highest BCUT2D eigenvalue weighted by molar-refractivity contribution is 6.30. The van der Waals surface area contributed by atoms with Crippen LogP contribution in [0.5, 0.6) is 5.75 Å². The first-order valence-electron chi connectivity index (χ1n) is 6.62. The highest BCUT2D eigenvalue weighted by Crippen LogP contribution is 2.31. The van der Waals surface area contributed by atoms with Gasteiger partial charge >= 0.3 is 5.97 Å². The van der Waals surface area contributed by atoms with Crippen LogP contribution in [0, 0.1) is 0 Å². The number of carbonyl (C=O) groups is 1. The maximum Gasteiger partial charge on any atom is 0.309 e. The van der Waals surface area contributed by atoms with E-state index in [0.29, 0.717) is 16.5 Å². The van der Waals surface area contributed by atoms with E-state index >= 15 is 0 Å². The van der Waals surface area contributed by atoms with E-state index in [9.17, 15) is 9.90 Å². The van der Waals surface area contributed by atoms with Crippen molar-refractivity contribution in [3.63, 3.8) is 0 Å². The lowest BCUT2D eigenvalue weighted by molar-refractivity contribution is -0.136. The molecule has 116 valence electrons. The number of phenolic OH excluding ortho intramolecular Hbond substituents is 1. The van der Waals surface area contributed by atoms with Crippen molar-refractivity contribution in [1.29, 1.82) is 0 Å². The molecule has 2 heterocycles. The number of hydrogen-bond donors (Lipinski definition) is 2. The minimum atomic E-state index is -1.02. The standard InChI is InChI=1S/C15H11ClN4O3/c16-9-4-5-12(21)10(7-9)18-19-15-11(8-14(22)23)17-13-3-1-2-6-20(13)15/h1-7,21H,8H2,(H,22,23). The number of fused-ring (bicyclic) bond motifs is 1. The lowest BCUT2D eigenvalue weighted by atomic mass is 10.3. The van der Waals surface area contributed by atoms with E-state index < -0.39 is 5.97 Å². The fraction of sp³-hybridized carbons (Fsp3) is 0.0667. The van der Waals surface area contributed by atoms with Crippen LogP contribution in [0.4, 0.5) is 11.5 Å². The molecule has 0 fully saturated rings. The molecule has 0 bridgehead atoms. The Balaban J connectivity index is 2.09. The number of carboxylic acid groups (broad SMARTS) is 1. The van der Waals surface area contributed by atoms with Crippen LogP contribution in [0.2, 0.25) is 5.02 Å². The van der Waals surface area contributed by atoms with Crippen LogP contribution in [0.1, 0.15) is 5.69 Å². The van der Waals surface area contributed by atoms with E-state index in [4.69, 9.17) is 16.7 Å². The number of phenols is 1. The number of halogens is 1. The number of benzene rings is 1. The quantitative estimate of drug-likeness (QED) is 0.712. The smallest absolute Gasteiger partial charge is 0.309 e. The molecule has 2 aromatic heterocycles. The topological polar surface area (TPSA) is 99.5 Å². The third kappa shape index (κ3) is 3.14. The molecule has 0 saturated heterocycles. The number of aliphatic carboxylic acids is 1. The highest BCUT2D eigenvalue weighted by Gasteiger charge is 2.14. The maximum atomic E-state index is 11.0. The fourth-order valence-corrected chi connectivity index (χ4v) is 2.24.